The van der Waals surface area contributed by atoms with Gasteiger partial charge in [0.2, 0.25) is 0 Å². The molecule has 4 rings (SSSR count). The number of benzene rings is 3. The van der Waals surface area contributed by atoms with Crippen LogP contribution in [0.2, 0.25) is 0 Å². The van der Waals surface area contributed by atoms with Gasteiger partial charge in [-0.15, -0.1) is 0 Å². The van der Waals surface area contributed by atoms with E-state index in [-0.39, 0.29) is 11.9 Å². The number of carbonyl (C=O) groups is 1. The summed E-state index contributed by atoms with van der Waals surface area (Å²) in [5.41, 5.74) is 4.77. The molecule has 0 aliphatic heterocycles. The fourth-order valence-corrected chi connectivity index (χ4v) is 3.86. The molecule has 5 nitrogen and oxygen atoms in total. The molecule has 1 amide bonds. The molecule has 1 heterocycles. The van der Waals surface area contributed by atoms with Crippen LogP contribution in [0.1, 0.15) is 41.6 Å². The molecule has 0 aliphatic rings. The molecule has 0 unspecified atom stereocenters. The summed E-state index contributed by atoms with van der Waals surface area (Å²) in [4.78, 5) is 23.5. The zero-order valence-corrected chi connectivity index (χ0v) is 18.0. The maximum Gasteiger partial charge on any atom is 0.251 e. The van der Waals surface area contributed by atoms with Crippen LogP contribution in [0.4, 0.5) is 5.69 Å². The Morgan fingerprint density at radius 3 is 2.29 bits per heavy atom. The molecule has 31 heavy (non-hydrogen) atoms. The normalized spacial score (nSPS) is 11.9. The number of aromatic nitrogens is 2. The van der Waals surface area contributed by atoms with Crippen LogP contribution in [0.3, 0.4) is 0 Å². The molecule has 2 N–H and O–H groups in total. The average molecular weight is 413 g/mol. The van der Waals surface area contributed by atoms with Crippen molar-refractivity contribution in [3.63, 3.8) is 0 Å². The number of para-hydroxylation sites is 2. The fraction of sp³-hybridized carbons (Fsp3) is 0.231. The van der Waals surface area contributed by atoms with E-state index in [2.05, 4.69) is 41.2 Å². The smallest absolute Gasteiger partial charge is 0.251 e. The zero-order chi connectivity index (χ0) is 21.6. The van der Waals surface area contributed by atoms with E-state index in [9.17, 15) is 4.79 Å². The lowest BCUT2D eigenvalue weighted by molar-refractivity contribution is 0.0935. The molecule has 0 aliphatic carbocycles. The SMILES string of the molecule is CCN(CC)c1ccc(C(=O)N[C@@H](Cc2ccccc2)c2nc3ccccc3[nH]2)cc1. The van der Waals surface area contributed by atoms with Gasteiger partial charge < -0.3 is 15.2 Å². The molecule has 0 saturated heterocycles. The highest BCUT2D eigenvalue weighted by Gasteiger charge is 2.20. The maximum absolute atomic E-state index is 13.1. The second-order valence-electron chi connectivity index (χ2n) is 7.57. The van der Waals surface area contributed by atoms with E-state index in [1.807, 2.05) is 66.7 Å². The van der Waals surface area contributed by atoms with Crippen molar-refractivity contribution in [3.05, 3.63) is 95.8 Å². The molecular formula is C26H28N4O. The highest BCUT2D eigenvalue weighted by Crippen LogP contribution is 2.21. The van der Waals surface area contributed by atoms with E-state index in [0.29, 0.717) is 12.0 Å². The number of hydrogen-bond donors (Lipinski definition) is 2. The lowest BCUT2D eigenvalue weighted by Gasteiger charge is -2.21. The van der Waals surface area contributed by atoms with Crippen molar-refractivity contribution >= 4 is 22.6 Å². The molecule has 158 valence electrons. The van der Waals surface area contributed by atoms with Crippen LogP contribution >= 0.6 is 0 Å². The van der Waals surface area contributed by atoms with Crippen LogP contribution in [0.15, 0.2) is 78.9 Å². The first kappa shape index (κ1) is 20.7. The molecule has 0 spiro atoms. The Morgan fingerprint density at radius 2 is 1.61 bits per heavy atom. The summed E-state index contributed by atoms with van der Waals surface area (Å²) >= 11 is 0. The lowest BCUT2D eigenvalue weighted by Crippen LogP contribution is -2.31. The van der Waals surface area contributed by atoms with Crippen molar-refractivity contribution in [1.29, 1.82) is 0 Å². The zero-order valence-electron chi connectivity index (χ0n) is 18.0. The number of aromatic amines is 1. The van der Waals surface area contributed by atoms with Crippen LogP contribution in [0.5, 0.6) is 0 Å². The van der Waals surface area contributed by atoms with Crippen LogP contribution < -0.4 is 10.2 Å². The second kappa shape index (κ2) is 9.47. The van der Waals surface area contributed by atoms with Gasteiger partial charge in [0.1, 0.15) is 5.82 Å². The second-order valence-corrected chi connectivity index (χ2v) is 7.57. The summed E-state index contributed by atoms with van der Waals surface area (Å²) in [7, 11) is 0. The van der Waals surface area contributed by atoms with E-state index in [0.717, 1.165) is 41.2 Å². The Balaban J connectivity index is 1.58. The van der Waals surface area contributed by atoms with Crippen molar-refractivity contribution in [2.24, 2.45) is 0 Å². The highest BCUT2D eigenvalue weighted by molar-refractivity contribution is 5.94. The summed E-state index contributed by atoms with van der Waals surface area (Å²) in [6.07, 6.45) is 0.657. The van der Waals surface area contributed by atoms with E-state index < -0.39 is 0 Å². The number of anilines is 1. The lowest BCUT2D eigenvalue weighted by atomic mass is 10.0. The average Bonchev–Trinajstić information content (AvgIpc) is 3.25. The van der Waals surface area contributed by atoms with Crippen LogP contribution in [-0.2, 0) is 6.42 Å². The Hall–Kier alpha value is -3.60. The van der Waals surface area contributed by atoms with Gasteiger partial charge in [0, 0.05) is 24.3 Å². The van der Waals surface area contributed by atoms with Crippen LogP contribution in [0, 0.1) is 0 Å². The van der Waals surface area contributed by atoms with Crippen LogP contribution in [0.25, 0.3) is 11.0 Å². The predicted octanol–water partition coefficient (Wildman–Crippen LogP) is 5.12. The number of amides is 1. The number of carbonyl (C=O) groups excluding carboxylic acids is 1. The van der Waals surface area contributed by atoms with Gasteiger partial charge in [0.05, 0.1) is 17.1 Å². The minimum absolute atomic E-state index is 0.104. The summed E-state index contributed by atoms with van der Waals surface area (Å²) in [5.74, 6) is 0.658. The predicted molar refractivity (Wildman–Crippen MR) is 126 cm³/mol. The third-order valence-electron chi connectivity index (χ3n) is 5.58. The van der Waals surface area contributed by atoms with E-state index in [1.165, 1.54) is 0 Å². The Bertz CT molecular complexity index is 1100. The molecule has 0 saturated carbocycles. The number of hydrogen-bond acceptors (Lipinski definition) is 3. The van der Waals surface area contributed by atoms with E-state index in [4.69, 9.17) is 4.98 Å². The largest absolute Gasteiger partial charge is 0.372 e. The number of imidazole rings is 1. The number of fused-ring (bicyclic) bond motifs is 1. The summed E-state index contributed by atoms with van der Waals surface area (Å²) in [6, 6.07) is 25.6. The highest BCUT2D eigenvalue weighted by atomic mass is 16.1. The van der Waals surface area contributed by atoms with Crippen molar-refractivity contribution in [1.82, 2.24) is 15.3 Å². The van der Waals surface area contributed by atoms with Crippen LogP contribution in [-0.4, -0.2) is 29.0 Å². The van der Waals surface area contributed by atoms with Gasteiger partial charge >= 0.3 is 0 Å². The Labute approximate surface area is 183 Å². The Kier molecular flexibility index (Phi) is 6.32. The molecule has 3 aromatic carbocycles. The third-order valence-corrected chi connectivity index (χ3v) is 5.58. The molecule has 4 aromatic rings. The van der Waals surface area contributed by atoms with Crippen molar-refractivity contribution in [2.75, 3.05) is 18.0 Å². The number of H-pyrrole nitrogens is 1. The van der Waals surface area contributed by atoms with Gasteiger partial charge in [-0.1, -0.05) is 42.5 Å². The maximum atomic E-state index is 13.1. The van der Waals surface area contributed by atoms with Gasteiger partial charge in [-0.25, -0.2) is 4.98 Å². The summed E-state index contributed by atoms with van der Waals surface area (Å²) in [5, 5.41) is 3.19. The molecule has 0 radical (unpaired) electrons. The summed E-state index contributed by atoms with van der Waals surface area (Å²) in [6.45, 7) is 6.14. The van der Waals surface area contributed by atoms with E-state index in [1.54, 1.807) is 0 Å². The number of nitrogens with one attached hydrogen (secondary N) is 2. The first-order valence-electron chi connectivity index (χ1n) is 10.8. The molecule has 0 bridgehead atoms. The standard InChI is InChI=1S/C26H28N4O/c1-3-30(4-2)21-16-14-20(15-17-21)26(31)29-24(18-19-10-6-5-7-11-19)25-27-22-12-8-9-13-23(22)28-25/h5-17,24H,3-4,18H2,1-2H3,(H,27,28)(H,29,31)/t24-/m0/s1. The molecular weight excluding hydrogens is 384 g/mol. The first-order valence-corrected chi connectivity index (χ1v) is 10.8. The van der Waals surface area contributed by atoms with Gasteiger partial charge in [-0.3, -0.25) is 4.79 Å². The summed E-state index contributed by atoms with van der Waals surface area (Å²) < 4.78 is 0. The topological polar surface area (TPSA) is 61.0 Å². The van der Waals surface area contributed by atoms with Gasteiger partial charge in [0.25, 0.3) is 5.91 Å². The van der Waals surface area contributed by atoms with Crippen molar-refractivity contribution < 1.29 is 4.79 Å². The fourth-order valence-electron chi connectivity index (χ4n) is 3.86. The molecule has 1 atom stereocenters. The molecule has 0 fully saturated rings. The van der Waals surface area contributed by atoms with Gasteiger partial charge in [-0.2, -0.15) is 0 Å². The van der Waals surface area contributed by atoms with Gasteiger partial charge in [0.15, 0.2) is 0 Å². The number of rotatable bonds is 8. The van der Waals surface area contributed by atoms with Crippen molar-refractivity contribution in [3.8, 4) is 0 Å². The quantitative estimate of drug-likeness (QED) is 0.422. The third kappa shape index (κ3) is 4.77. The Morgan fingerprint density at radius 1 is 0.935 bits per heavy atom. The van der Waals surface area contributed by atoms with Crippen molar-refractivity contribution in [2.45, 2.75) is 26.3 Å². The molecule has 1 aromatic heterocycles. The minimum atomic E-state index is -0.259. The van der Waals surface area contributed by atoms with Gasteiger partial charge in [-0.05, 0) is 62.2 Å². The monoisotopic (exact) mass is 412 g/mol. The molecule has 5 heteroatoms. The number of nitrogens with zero attached hydrogens (tertiary/aromatic N) is 2. The first-order chi connectivity index (χ1) is 15.2. The van der Waals surface area contributed by atoms with E-state index >= 15 is 0 Å². The minimum Gasteiger partial charge on any atom is -0.372 e.